The summed E-state index contributed by atoms with van der Waals surface area (Å²) in [6, 6.07) is 24.7. The first-order chi connectivity index (χ1) is 21.4. The van der Waals surface area contributed by atoms with E-state index < -0.39 is 6.04 Å². The Labute approximate surface area is 265 Å². The van der Waals surface area contributed by atoms with E-state index in [2.05, 4.69) is 26.4 Å². The van der Waals surface area contributed by atoms with Gasteiger partial charge in [0.25, 0.3) is 0 Å². The molecule has 0 amide bonds. The van der Waals surface area contributed by atoms with E-state index in [1.54, 1.807) is 37.3 Å². The SMILES string of the molecule is COC(=O)[C@H](c1ccccc1Cl)N1CCc2sccc2C1.COc1ccc(-c2nc(OC)nn2-c2ccc(OC)cc2)cc1. The van der Waals surface area contributed by atoms with Crippen LogP contribution < -0.4 is 14.2 Å². The zero-order valence-corrected chi connectivity index (χ0v) is 26.5. The maximum atomic E-state index is 12.3. The summed E-state index contributed by atoms with van der Waals surface area (Å²) in [6.07, 6.45) is 0.963. The van der Waals surface area contributed by atoms with E-state index in [9.17, 15) is 4.79 Å². The molecule has 6 rings (SSSR count). The lowest BCUT2D eigenvalue weighted by Crippen LogP contribution is -2.38. The lowest BCUT2D eigenvalue weighted by Gasteiger charge is -2.33. The highest BCUT2D eigenvalue weighted by atomic mass is 35.5. The van der Waals surface area contributed by atoms with Gasteiger partial charge in [0.2, 0.25) is 0 Å². The molecule has 44 heavy (non-hydrogen) atoms. The zero-order valence-electron chi connectivity index (χ0n) is 24.9. The molecule has 0 spiro atoms. The van der Waals surface area contributed by atoms with Gasteiger partial charge >= 0.3 is 12.0 Å². The number of fused-ring (bicyclic) bond motifs is 1. The van der Waals surface area contributed by atoms with Gasteiger partial charge in [-0.1, -0.05) is 29.8 Å². The van der Waals surface area contributed by atoms with Crippen LogP contribution in [-0.2, 0) is 22.5 Å². The number of benzene rings is 3. The molecule has 1 atom stereocenters. The van der Waals surface area contributed by atoms with Crippen LogP contribution in [0.25, 0.3) is 17.1 Å². The Kier molecular flexibility index (Phi) is 10.2. The molecule has 1 aliphatic rings. The number of esters is 1. The van der Waals surface area contributed by atoms with Crippen molar-refractivity contribution < 1.29 is 23.7 Å². The lowest BCUT2D eigenvalue weighted by molar-refractivity contribution is -0.147. The minimum atomic E-state index is -0.447. The maximum absolute atomic E-state index is 12.3. The molecule has 1 aliphatic heterocycles. The number of aromatic nitrogens is 3. The Hall–Kier alpha value is -4.38. The third-order valence-corrected chi connectivity index (χ3v) is 8.63. The van der Waals surface area contributed by atoms with E-state index in [0.717, 1.165) is 47.8 Å². The van der Waals surface area contributed by atoms with Crippen molar-refractivity contribution in [3.05, 3.63) is 105 Å². The Morgan fingerprint density at radius 3 is 2.20 bits per heavy atom. The second kappa shape index (κ2) is 14.4. The third-order valence-electron chi connectivity index (χ3n) is 7.26. The molecule has 0 N–H and O–H groups in total. The average molecular weight is 633 g/mol. The predicted octanol–water partition coefficient (Wildman–Crippen LogP) is 6.63. The molecule has 11 heteroatoms. The first-order valence-electron chi connectivity index (χ1n) is 13.9. The molecule has 0 saturated heterocycles. The van der Waals surface area contributed by atoms with Crippen LogP contribution in [0.4, 0.5) is 0 Å². The number of nitrogens with zero attached hydrogens (tertiary/aromatic N) is 4. The number of carbonyl (C=O) groups is 1. The van der Waals surface area contributed by atoms with Crippen molar-refractivity contribution in [3.63, 3.8) is 0 Å². The molecule has 0 saturated carbocycles. The number of methoxy groups -OCH3 is 4. The highest BCUT2D eigenvalue weighted by molar-refractivity contribution is 7.10. The van der Waals surface area contributed by atoms with E-state index in [1.165, 1.54) is 17.6 Å². The summed E-state index contributed by atoms with van der Waals surface area (Å²) in [5.41, 5.74) is 3.89. The van der Waals surface area contributed by atoms with Crippen LogP contribution in [0.3, 0.4) is 0 Å². The first-order valence-corrected chi connectivity index (χ1v) is 15.1. The second-order valence-corrected chi connectivity index (χ2v) is 11.2. The van der Waals surface area contributed by atoms with Crippen LogP contribution in [-0.4, -0.2) is 60.6 Å². The summed E-state index contributed by atoms with van der Waals surface area (Å²) < 4.78 is 22.3. The quantitative estimate of drug-likeness (QED) is 0.176. The van der Waals surface area contributed by atoms with E-state index in [1.807, 2.05) is 72.8 Å². The summed E-state index contributed by atoms with van der Waals surface area (Å²) >= 11 is 8.07. The van der Waals surface area contributed by atoms with Gasteiger partial charge in [0.15, 0.2) is 5.82 Å². The fourth-order valence-electron chi connectivity index (χ4n) is 4.98. The monoisotopic (exact) mass is 632 g/mol. The molecule has 0 radical (unpaired) electrons. The standard InChI is InChI=1S/C17H17N3O3.C16H16ClNO2S/c1-21-14-8-4-12(5-9-14)16-18-17(23-3)19-20(16)13-6-10-15(22-2)11-7-13;1-20-16(19)15(12-4-2-3-5-13(12)17)18-8-6-14-11(10-18)7-9-21-14/h4-11H,1-3H3;2-5,7,9,15H,6,8,10H2,1H3/t;15-/m.0/s1. The molecular formula is C33H33ClN4O5S. The van der Waals surface area contributed by atoms with Crippen LogP contribution in [0.1, 0.15) is 22.0 Å². The van der Waals surface area contributed by atoms with E-state index >= 15 is 0 Å². The maximum Gasteiger partial charge on any atom is 0.336 e. The van der Waals surface area contributed by atoms with Crippen molar-refractivity contribution >= 4 is 28.9 Å². The highest BCUT2D eigenvalue weighted by Crippen LogP contribution is 2.34. The number of rotatable bonds is 8. The van der Waals surface area contributed by atoms with Crippen LogP contribution in [0.5, 0.6) is 17.5 Å². The zero-order chi connectivity index (χ0) is 31.1. The van der Waals surface area contributed by atoms with Gasteiger partial charge < -0.3 is 18.9 Å². The number of thiophene rings is 1. The molecule has 228 valence electrons. The molecular weight excluding hydrogens is 600 g/mol. The topological polar surface area (TPSA) is 87.9 Å². The van der Waals surface area contributed by atoms with Crippen LogP contribution in [0, 0.1) is 0 Å². The Balaban J connectivity index is 0.000000175. The van der Waals surface area contributed by atoms with Crippen molar-refractivity contribution in [1.82, 2.24) is 19.7 Å². The second-order valence-electron chi connectivity index (χ2n) is 9.80. The van der Waals surface area contributed by atoms with Gasteiger partial charge in [-0.25, -0.2) is 9.48 Å². The average Bonchev–Trinajstić information content (AvgIpc) is 3.73. The van der Waals surface area contributed by atoms with Crippen LogP contribution in [0.2, 0.25) is 5.02 Å². The fraction of sp³-hybridized carbons (Fsp3) is 0.242. The summed E-state index contributed by atoms with van der Waals surface area (Å²) in [6.45, 7) is 1.59. The van der Waals surface area contributed by atoms with E-state index in [0.29, 0.717) is 16.9 Å². The molecule has 0 bridgehead atoms. The van der Waals surface area contributed by atoms with Gasteiger partial charge in [-0.15, -0.1) is 16.4 Å². The summed E-state index contributed by atoms with van der Waals surface area (Å²) in [7, 11) is 6.24. The predicted molar refractivity (Wildman–Crippen MR) is 171 cm³/mol. The molecule has 0 aliphatic carbocycles. The number of hydrogen-bond donors (Lipinski definition) is 0. The van der Waals surface area contributed by atoms with Crippen molar-refractivity contribution in [1.29, 1.82) is 0 Å². The van der Waals surface area contributed by atoms with Crippen molar-refractivity contribution in [2.24, 2.45) is 0 Å². The van der Waals surface area contributed by atoms with Gasteiger partial charge in [-0.05, 0) is 83.6 Å². The third kappa shape index (κ3) is 6.88. The Morgan fingerprint density at radius 2 is 1.57 bits per heavy atom. The van der Waals surface area contributed by atoms with Crippen molar-refractivity contribution in [2.75, 3.05) is 35.0 Å². The Bertz CT molecular complexity index is 1620. The Morgan fingerprint density at radius 1 is 0.886 bits per heavy atom. The summed E-state index contributed by atoms with van der Waals surface area (Å²) in [5.74, 6) is 2.00. The molecule has 3 heterocycles. The smallest absolute Gasteiger partial charge is 0.336 e. The van der Waals surface area contributed by atoms with Crippen LogP contribution in [0.15, 0.2) is 84.2 Å². The lowest BCUT2D eigenvalue weighted by atomic mass is 10.0. The van der Waals surface area contributed by atoms with Gasteiger partial charge in [0.05, 0.1) is 34.1 Å². The number of carbonyl (C=O) groups excluding carboxylic acids is 1. The highest BCUT2D eigenvalue weighted by Gasteiger charge is 2.32. The molecule has 9 nitrogen and oxygen atoms in total. The number of ether oxygens (including phenoxy) is 4. The first kappa shape index (κ1) is 31.1. The van der Waals surface area contributed by atoms with Gasteiger partial charge in [0.1, 0.15) is 17.5 Å². The van der Waals surface area contributed by atoms with E-state index in [4.69, 9.17) is 30.5 Å². The van der Waals surface area contributed by atoms with Crippen LogP contribution >= 0.6 is 22.9 Å². The molecule has 5 aromatic rings. The summed E-state index contributed by atoms with van der Waals surface area (Å²) in [4.78, 5) is 20.3. The molecule has 3 aromatic carbocycles. The van der Waals surface area contributed by atoms with Gasteiger partial charge in [-0.2, -0.15) is 4.98 Å². The van der Waals surface area contributed by atoms with Gasteiger partial charge in [-0.3, -0.25) is 4.90 Å². The van der Waals surface area contributed by atoms with Crippen molar-refractivity contribution in [2.45, 2.75) is 19.0 Å². The van der Waals surface area contributed by atoms with Crippen molar-refractivity contribution in [3.8, 4) is 34.6 Å². The normalized spacial score (nSPS) is 13.2. The number of hydrogen-bond acceptors (Lipinski definition) is 9. The molecule has 0 fully saturated rings. The fourth-order valence-corrected chi connectivity index (χ4v) is 6.11. The minimum absolute atomic E-state index is 0.262. The molecule has 0 unspecified atom stereocenters. The summed E-state index contributed by atoms with van der Waals surface area (Å²) in [5, 5.41) is 7.09. The molecule has 2 aromatic heterocycles. The number of halogens is 1. The van der Waals surface area contributed by atoms with E-state index in [-0.39, 0.29) is 5.97 Å². The minimum Gasteiger partial charge on any atom is -0.497 e. The largest absolute Gasteiger partial charge is 0.497 e. The van der Waals surface area contributed by atoms with Gasteiger partial charge in [0, 0.05) is 28.6 Å².